The molecule has 0 amide bonds. The van der Waals surface area contributed by atoms with E-state index in [2.05, 4.69) is 33.2 Å². The molecule has 0 radical (unpaired) electrons. The van der Waals surface area contributed by atoms with Crippen molar-refractivity contribution in [1.82, 2.24) is 10.3 Å². The van der Waals surface area contributed by atoms with Crippen LogP contribution in [0.25, 0.3) is 0 Å². The van der Waals surface area contributed by atoms with Gasteiger partial charge in [-0.1, -0.05) is 6.92 Å². The lowest BCUT2D eigenvalue weighted by atomic mass is 10.2. The molecule has 0 aliphatic rings. The maximum absolute atomic E-state index is 5.51. The summed E-state index contributed by atoms with van der Waals surface area (Å²) in [5.74, 6) is 0.908. The van der Waals surface area contributed by atoms with Crippen molar-refractivity contribution >= 4 is 27.3 Å². The van der Waals surface area contributed by atoms with Crippen molar-refractivity contribution in [1.29, 1.82) is 0 Å². The summed E-state index contributed by atoms with van der Waals surface area (Å²) in [4.78, 5) is 5.46. The van der Waals surface area contributed by atoms with E-state index in [1.807, 2.05) is 19.2 Å². The minimum absolute atomic E-state index is 0.0839. The number of rotatable bonds is 4. The van der Waals surface area contributed by atoms with E-state index in [9.17, 15) is 0 Å². The highest BCUT2D eigenvalue weighted by atomic mass is 79.9. The van der Waals surface area contributed by atoms with Crippen molar-refractivity contribution in [3.8, 4) is 0 Å². The van der Waals surface area contributed by atoms with Gasteiger partial charge in [-0.3, -0.25) is 0 Å². The van der Waals surface area contributed by atoms with Crippen molar-refractivity contribution in [3.63, 3.8) is 0 Å². The zero-order chi connectivity index (χ0) is 11.5. The van der Waals surface area contributed by atoms with E-state index < -0.39 is 0 Å². The zero-order valence-electron chi connectivity index (χ0n) is 9.16. The summed E-state index contributed by atoms with van der Waals surface area (Å²) in [6, 6.07) is 1.99. The normalized spacial score (nSPS) is 12.9. The molecular formula is C11H13BrN2OS. The fourth-order valence-electron chi connectivity index (χ4n) is 1.55. The van der Waals surface area contributed by atoms with Gasteiger partial charge in [0.15, 0.2) is 0 Å². The molecule has 0 aliphatic heterocycles. The Hall–Kier alpha value is -0.650. The number of furan rings is 1. The number of nitrogens with one attached hydrogen (secondary N) is 1. The molecule has 0 saturated carbocycles. The average molecular weight is 301 g/mol. The Kier molecular flexibility index (Phi) is 3.78. The van der Waals surface area contributed by atoms with Crippen LogP contribution < -0.4 is 5.32 Å². The quantitative estimate of drug-likeness (QED) is 0.939. The fraction of sp³-hybridized carbons (Fsp3) is 0.364. The predicted molar refractivity (Wildman–Crippen MR) is 68.8 cm³/mol. The Morgan fingerprint density at radius 1 is 1.62 bits per heavy atom. The number of hydrogen-bond acceptors (Lipinski definition) is 4. The van der Waals surface area contributed by atoms with E-state index in [4.69, 9.17) is 4.42 Å². The van der Waals surface area contributed by atoms with Crippen LogP contribution in [0.4, 0.5) is 0 Å². The van der Waals surface area contributed by atoms with Gasteiger partial charge in [0.2, 0.25) is 0 Å². The van der Waals surface area contributed by atoms with Crippen LogP contribution in [0.15, 0.2) is 27.4 Å². The minimum atomic E-state index is 0.0839. The smallest absolute Gasteiger partial charge is 0.140 e. The van der Waals surface area contributed by atoms with Crippen LogP contribution in [-0.4, -0.2) is 11.5 Å². The van der Waals surface area contributed by atoms with Gasteiger partial charge in [0.05, 0.1) is 15.7 Å². The monoisotopic (exact) mass is 300 g/mol. The fourth-order valence-corrected chi connectivity index (χ4v) is 2.84. The molecule has 16 heavy (non-hydrogen) atoms. The standard InChI is InChI=1S/C11H13BrN2OS/c1-3-13-10(9-6-14-7(2)16-9)11-8(12)4-5-15-11/h4-6,10,13H,3H2,1-2H3. The molecule has 1 unspecified atom stereocenters. The molecular weight excluding hydrogens is 288 g/mol. The second-order valence-corrected chi connectivity index (χ2v) is 5.53. The number of aryl methyl sites for hydroxylation is 1. The van der Waals surface area contributed by atoms with Crippen LogP contribution in [0.5, 0.6) is 0 Å². The van der Waals surface area contributed by atoms with Crippen LogP contribution in [0.2, 0.25) is 0 Å². The molecule has 0 saturated heterocycles. The van der Waals surface area contributed by atoms with E-state index in [0.717, 1.165) is 21.8 Å². The molecule has 86 valence electrons. The van der Waals surface area contributed by atoms with Crippen molar-refractivity contribution in [2.24, 2.45) is 0 Å². The Morgan fingerprint density at radius 3 is 2.94 bits per heavy atom. The number of halogens is 1. The Morgan fingerprint density at radius 2 is 2.44 bits per heavy atom. The Bertz CT molecular complexity index is 466. The lowest BCUT2D eigenvalue weighted by molar-refractivity contribution is 0.453. The third-order valence-corrected chi connectivity index (χ3v) is 3.87. The van der Waals surface area contributed by atoms with E-state index in [1.54, 1.807) is 17.6 Å². The summed E-state index contributed by atoms with van der Waals surface area (Å²) in [5, 5.41) is 4.47. The van der Waals surface area contributed by atoms with Gasteiger partial charge in [-0.15, -0.1) is 11.3 Å². The highest BCUT2D eigenvalue weighted by molar-refractivity contribution is 9.10. The summed E-state index contributed by atoms with van der Waals surface area (Å²) in [6.07, 6.45) is 3.60. The largest absolute Gasteiger partial charge is 0.466 e. The second-order valence-electron chi connectivity index (χ2n) is 3.41. The molecule has 1 N–H and O–H groups in total. The lowest BCUT2D eigenvalue weighted by Gasteiger charge is -2.13. The van der Waals surface area contributed by atoms with Gasteiger partial charge in [-0.05, 0) is 35.5 Å². The summed E-state index contributed by atoms with van der Waals surface area (Å²) >= 11 is 5.18. The molecule has 3 nitrogen and oxygen atoms in total. The first-order valence-corrected chi connectivity index (χ1v) is 6.72. The molecule has 0 fully saturated rings. The third kappa shape index (κ3) is 2.36. The highest BCUT2D eigenvalue weighted by Gasteiger charge is 2.20. The first kappa shape index (κ1) is 11.8. The zero-order valence-corrected chi connectivity index (χ0v) is 11.6. The van der Waals surface area contributed by atoms with Crippen molar-refractivity contribution < 1.29 is 4.42 Å². The molecule has 0 bridgehead atoms. The molecule has 0 aromatic carbocycles. The highest BCUT2D eigenvalue weighted by Crippen LogP contribution is 2.32. The van der Waals surface area contributed by atoms with Gasteiger partial charge < -0.3 is 9.73 Å². The van der Waals surface area contributed by atoms with Gasteiger partial charge >= 0.3 is 0 Å². The first-order chi connectivity index (χ1) is 7.72. The Labute approximate surface area is 107 Å². The van der Waals surface area contributed by atoms with Crippen molar-refractivity contribution in [2.75, 3.05) is 6.54 Å². The molecule has 2 aromatic heterocycles. The molecule has 2 rings (SSSR count). The number of thiazole rings is 1. The second kappa shape index (κ2) is 5.12. The third-order valence-electron chi connectivity index (χ3n) is 2.24. The number of nitrogens with zero attached hydrogens (tertiary/aromatic N) is 1. The van der Waals surface area contributed by atoms with Gasteiger partial charge in [-0.2, -0.15) is 0 Å². The molecule has 1 atom stereocenters. The molecule has 2 aromatic rings. The van der Waals surface area contributed by atoms with Gasteiger partial charge in [-0.25, -0.2) is 4.98 Å². The van der Waals surface area contributed by atoms with E-state index in [1.165, 1.54) is 4.88 Å². The van der Waals surface area contributed by atoms with Crippen LogP contribution in [0.3, 0.4) is 0 Å². The molecule has 0 spiro atoms. The average Bonchev–Trinajstić information content (AvgIpc) is 2.84. The summed E-state index contributed by atoms with van der Waals surface area (Å²) < 4.78 is 6.50. The summed E-state index contributed by atoms with van der Waals surface area (Å²) in [5.41, 5.74) is 0. The van der Waals surface area contributed by atoms with E-state index in [0.29, 0.717) is 0 Å². The molecule has 5 heteroatoms. The van der Waals surface area contributed by atoms with Crippen molar-refractivity contribution in [2.45, 2.75) is 19.9 Å². The SMILES string of the molecule is CCNC(c1cnc(C)s1)c1occc1Br. The Balaban J connectivity index is 2.34. The van der Waals surface area contributed by atoms with Crippen LogP contribution in [0.1, 0.15) is 28.6 Å². The topological polar surface area (TPSA) is 38.1 Å². The van der Waals surface area contributed by atoms with E-state index >= 15 is 0 Å². The lowest BCUT2D eigenvalue weighted by Crippen LogP contribution is -2.20. The maximum Gasteiger partial charge on any atom is 0.140 e. The maximum atomic E-state index is 5.51. The van der Waals surface area contributed by atoms with E-state index in [-0.39, 0.29) is 6.04 Å². The van der Waals surface area contributed by atoms with Gasteiger partial charge in [0.1, 0.15) is 11.8 Å². The summed E-state index contributed by atoms with van der Waals surface area (Å²) in [6.45, 7) is 4.97. The molecule has 0 aliphatic carbocycles. The van der Waals surface area contributed by atoms with Crippen LogP contribution >= 0.6 is 27.3 Å². The van der Waals surface area contributed by atoms with Crippen LogP contribution in [-0.2, 0) is 0 Å². The summed E-state index contributed by atoms with van der Waals surface area (Å²) in [7, 11) is 0. The number of aromatic nitrogens is 1. The van der Waals surface area contributed by atoms with Crippen LogP contribution in [0, 0.1) is 6.92 Å². The predicted octanol–water partition coefficient (Wildman–Crippen LogP) is 3.51. The van der Waals surface area contributed by atoms with Crippen molar-refractivity contribution in [3.05, 3.63) is 38.6 Å². The number of hydrogen-bond donors (Lipinski definition) is 1. The minimum Gasteiger partial charge on any atom is -0.466 e. The van der Waals surface area contributed by atoms with Gasteiger partial charge in [0, 0.05) is 11.1 Å². The molecule has 2 heterocycles. The van der Waals surface area contributed by atoms with Gasteiger partial charge in [0.25, 0.3) is 0 Å². The first-order valence-electron chi connectivity index (χ1n) is 5.11.